The highest BCUT2D eigenvalue weighted by molar-refractivity contribution is 5.87. The minimum atomic E-state index is -0.495. The molecule has 0 spiro atoms. The molecule has 1 aliphatic rings. The van der Waals surface area contributed by atoms with Crippen LogP contribution in [0.15, 0.2) is 0 Å². The Morgan fingerprint density at radius 1 is 1.14 bits per heavy atom. The molecular formula is C15H25N5O2. The molecule has 2 heterocycles. The Morgan fingerprint density at radius 3 is 2.64 bits per heavy atom. The molecule has 1 aliphatic heterocycles. The third-order valence-corrected chi connectivity index (χ3v) is 3.72. The molecule has 2 amide bonds. The number of hydrogen-bond donors (Lipinski definition) is 2. The zero-order valence-corrected chi connectivity index (χ0v) is 13.6. The van der Waals surface area contributed by atoms with Gasteiger partial charge in [0.25, 0.3) is 0 Å². The average molecular weight is 307 g/mol. The smallest absolute Gasteiger partial charge is 0.239 e. The van der Waals surface area contributed by atoms with Gasteiger partial charge in [-0.05, 0) is 12.8 Å². The number of nitrogens with zero attached hydrogens (tertiary/aromatic N) is 3. The first-order chi connectivity index (χ1) is 10.4. The van der Waals surface area contributed by atoms with Gasteiger partial charge in [0.15, 0.2) is 5.82 Å². The van der Waals surface area contributed by atoms with E-state index in [9.17, 15) is 9.59 Å². The van der Waals surface area contributed by atoms with E-state index in [0.29, 0.717) is 6.54 Å². The maximum Gasteiger partial charge on any atom is 0.239 e. The Bertz CT molecular complexity index is 545. The fourth-order valence-electron chi connectivity index (χ4n) is 2.34. The number of hydrogen-bond acceptors (Lipinski definition) is 4. The molecule has 2 N–H and O–H groups in total. The summed E-state index contributed by atoms with van der Waals surface area (Å²) in [5.41, 5.74) is -0.495. The molecule has 0 radical (unpaired) electrons. The summed E-state index contributed by atoms with van der Waals surface area (Å²) in [6.07, 6.45) is 4.41. The molecule has 2 rings (SSSR count). The number of carbonyl (C=O) groups excluding carboxylic acids is 2. The van der Waals surface area contributed by atoms with Crippen molar-refractivity contribution in [3.8, 4) is 0 Å². The van der Waals surface area contributed by atoms with Crippen molar-refractivity contribution in [1.82, 2.24) is 25.4 Å². The predicted octanol–water partition coefficient (Wildman–Crippen LogP) is 0.783. The van der Waals surface area contributed by atoms with Crippen molar-refractivity contribution in [3.63, 3.8) is 0 Å². The maximum absolute atomic E-state index is 11.8. The standard InChI is InChI=1S/C15H25N5O2/c1-15(2,3)14(22)17-10-13(21)16-9-12-19-18-11-7-5-4-6-8-20(11)12/h4-10H2,1-3H3,(H,16,21)(H,17,22). The Kier molecular flexibility index (Phi) is 5.15. The number of rotatable bonds is 4. The number of aryl methyl sites for hydroxylation is 1. The van der Waals surface area contributed by atoms with Crippen LogP contribution in [0.5, 0.6) is 0 Å². The highest BCUT2D eigenvalue weighted by atomic mass is 16.2. The number of fused-ring (bicyclic) bond motifs is 1. The molecule has 0 aromatic carbocycles. The topological polar surface area (TPSA) is 88.9 Å². The normalized spacial score (nSPS) is 14.9. The molecular weight excluding hydrogens is 282 g/mol. The summed E-state index contributed by atoms with van der Waals surface area (Å²) in [6.45, 7) is 6.67. The second kappa shape index (κ2) is 6.89. The van der Waals surface area contributed by atoms with Gasteiger partial charge in [0.2, 0.25) is 11.8 Å². The highest BCUT2D eigenvalue weighted by Crippen LogP contribution is 2.14. The van der Waals surface area contributed by atoms with Crippen LogP contribution in [-0.4, -0.2) is 33.1 Å². The predicted molar refractivity (Wildman–Crippen MR) is 81.9 cm³/mol. The molecule has 22 heavy (non-hydrogen) atoms. The van der Waals surface area contributed by atoms with Gasteiger partial charge in [-0.15, -0.1) is 10.2 Å². The fourth-order valence-corrected chi connectivity index (χ4v) is 2.34. The van der Waals surface area contributed by atoms with Crippen LogP contribution < -0.4 is 10.6 Å². The summed E-state index contributed by atoms with van der Waals surface area (Å²) in [6, 6.07) is 0. The van der Waals surface area contributed by atoms with E-state index in [0.717, 1.165) is 37.5 Å². The van der Waals surface area contributed by atoms with E-state index >= 15 is 0 Å². The quantitative estimate of drug-likeness (QED) is 0.860. The minimum Gasteiger partial charge on any atom is -0.347 e. The molecule has 7 heteroatoms. The summed E-state index contributed by atoms with van der Waals surface area (Å²) in [5, 5.41) is 13.8. The molecule has 0 fully saturated rings. The van der Waals surface area contributed by atoms with E-state index in [1.807, 2.05) is 20.8 Å². The van der Waals surface area contributed by atoms with Crippen LogP contribution in [0.3, 0.4) is 0 Å². The van der Waals surface area contributed by atoms with E-state index in [2.05, 4.69) is 25.4 Å². The zero-order chi connectivity index (χ0) is 16.2. The van der Waals surface area contributed by atoms with Crippen molar-refractivity contribution in [3.05, 3.63) is 11.6 Å². The third-order valence-electron chi connectivity index (χ3n) is 3.72. The van der Waals surface area contributed by atoms with Crippen molar-refractivity contribution in [2.45, 2.75) is 59.5 Å². The van der Waals surface area contributed by atoms with E-state index in [-0.39, 0.29) is 18.4 Å². The third kappa shape index (κ3) is 4.29. The van der Waals surface area contributed by atoms with Gasteiger partial charge in [-0.25, -0.2) is 0 Å². The first kappa shape index (κ1) is 16.5. The van der Waals surface area contributed by atoms with E-state index in [1.165, 1.54) is 6.42 Å². The van der Waals surface area contributed by atoms with Crippen LogP contribution in [0.25, 0.3) is 0 Å². The van der Waals surface area contributed by atoms with Crippen LogP contribution >= 0.6 is 0 Å². The maximum atomic E-state index is 11.8. The van der Waals surface area contributed by atoms with Crippen molar-refractivity contribution < 1.29 is 9.59 Å². The average Bonchev–Trinajstić information content (AvgIpc) is 2.68. The van der Waals surface area contributed by atoms with Crippen molar-refractivity contribution in [1.29, 1.82) is 0 Å². The van der Waals surface area contributed by atoms with Crippen LogP contribution in [0.2, 0.25) is 0 Å². The van der Waals surface area contributed by atoms with Crippen molar-refractivity contribution in [2.75, 3.05) is 6.54 Å². The van der Waals surface area contributed by atoms with E-state index < -0.39 is 5.41 Å². The molecule has 122 valence electrons. The van der Waals surface area contributed by atoms with Gasteiger partial charge in [-0.1, -0.05) is 27.2 Å². The molecule has 0 saturated carbocycles. The van der Waals surface area contributed by atoms with Gasteiger partial charge in [0, 0.05) is 18.4 Å². The molecule has 0 aliphatic carbocycles. The summed E-state index contributed by atoms with van der Waals surface area (Å²) in [5.74, 6) is 1.43. The lowest BCUT2D eigenvalue weighted by Crippen LogP contribution is -2.41. The molecule has 1 aromatic heterocycles. The minimum absolute atomic E-state index is 0.0168. The molecule has 0 atom stereocenters. The Balaban J connectivity index is 1.82. The summed E-state index contributed by atoms with van der Waals surface area (Å²) in [7, 11) is 0. The second-order valence-electron chi connectivity index (χ2n) is 6.70. The summed E-state index contributed by atoms with van der Waals surface area (Å²) in [4.78, 5) is 23.5. The number of nitrogens with one attached hydrogen (secondary N) is 2. The lowest BCUT2D eigenvalue weighted by Gasteiger charge is -2.17. The van der Waals surface area contributed by atoms with Gasteiger partial charge in [-0.3, -0.25) is 9.59 Å². The fraction of sp³-hybridized carbons (Fsp3) is 0.733. The summed E-state index contributed by atoms with van der Waals surface area (Å²) >= 11 is 0. The molecule has 0 bridgehead atoms. The van der Waals surface area contributed by atoms with Gasteiger partial charge in [-0.2, -0.15) is 0 Å². The Hall–Kier alpha value is -1.92. The SMILES string of the molecule is CC(C)(C)C(=O)NCC(=O)NCc1nnc2n1CCCCC2. The largest absolute Gasteiger partial charge is 0.347 e. The van der Waals surface area contributed by atoms with Crippen molar-refractivity contribution in [2.24, 2.45) is 5.41 Å². The first-order valence-electron chi connectivity index (χ1n) is 7.84. The second-order valence-corrected chi connectivity index (χ2v) is 6.70. The number of carbonyl (C=O) groups is 2. The first-order valence-corrected chi connectivity index (χ1v) is 7.84. The highest BCUT2D eigenvalue weighted by Gasteiger charge is 2.21. The molecule has 0 unspecified atom stereocenters. The van der Waals surface area contributed by atoms with Crippen LogP contribution in [0.4, 0.5) is 0 Å². The lowest BCUT2D eigenvalue weighted by atomic mass is 9.96. The number of amides is 2. The van der Waals surface area contributed by atoms with Crippen molar-refractivity contribution >= 4 is 11.8 Å². The zero-order valence-electron chi connectivity index (χ0n) is 13.6. The monoisotopic (exact) mass is 307 g/mol. The molecule has 0 saturated heterocycles. The Morgan fingerprint density at radius 2 is 1.91 bits per heavy atom. The van der Waals surface area contributed by atoms with Gasteiger partial charge in [0.05, 0.1) is 13.1 Å². The van der Waals surface area contributed by atoms with E-state index in [4.69, 9.17) is 0 Å². The summed E-state index contributed by atoms with van der Waals surface area (Å²) < 4.78 is 2.10. The van der Waals surface area contributed by atoms with Gasteiger partial charge >= 0.3 is 0 Å². The number of aromatic nitrogens is 3. The van der Waals surface area contributed by atoms with E-state index in [1.54, 1.807) is 0 Å². The Labute approximate surface area is 130 Å². The van der Waals surface area contributed by atoms with Gasteiger partial charge < -0.3 is 15.2 Å². The lowest BCUT2D eigenvalue weighted by molar-refractivity contribution is -0.131. The molecule has 1 aromatic rings. The van der Waals surface area contributed by atoms with Gasteiger partial charge in [0.1, 0.15) is 5.82 Å². The van der Waals surface area contributed by atoms with Crippen LogP contribution in [0.1, 0.15) is 51.7 Å². The molecule has 7 nitrogen and oxygen atoms in total. The van der Waals surface area contributed by atoms with Crippen LogP contribution in [0, 0.1) is 5.41 Å². The van der Waals surface area contributed by atoms with Crippen LogP contribution in [-0.2, 0) is 29.1 Å².